The molecule has 0 fully saturated rings. The third-order valence-corrected chi connectivity index (χ3v) is 4.71. The summed E-state index contributed by atoms with van der Waals surface area (Å²) in [5.41, 5.74) is 0. The fraction of sp³-hybridized carbons (Fsp3) is 0. The molecule has 0 saturated heterocycles. The highest BCUT2D eigenvalue weighted by molar-refractivity contribution is 6.08. The summed E-state index contributed by atoms with van der Waals surface area (Å²) in [6.45, 7) is 0. The fourth-order valence-corrected chi connectivity index (χ4v) is 3.47. The van der Waals surface area contributed by atoms with Gasteiger partial charge in [-0.25, -0.2) is 0 Å². The van der Waals surface area contributed by atoms with E-state index in [4.69, 9.17) is 0 Å². The molecule has 5 aromatic carbocycles. The van der Waals surface area contributed by atoms with Gasteiger partial charge in [0.25, 0.3) is 0 Å². The Morgan fingerprint density at radius 2 is 0.667 bits per heavy atom. The summed E-state index contributed by atoms with van der Waals surface area (Å²) in [6, 6.07) is 24.5. The van der Waals surface area contributed by atoms with Gasteiger partial charge in [-0.3, -0.25) is 0 Å². The first-order valence-corrected chi connectivity index (χ1v) is 7.89. The normalized spacial score (nSPS) is 11.7. The second kappa shape index (κ2) is 4.62. The molecule has 0 aliphatic carbocycles. The number of benzene rings is 5. The quantitative estimate of drug-likeness (QED) is 0.284. The summed E-state index contributed by atoms with van der Waals surface area (Å²) in [7, 11) is 0. The SMILES string of the molecule is Oc1cc2cc3cc4cc5ccccc5cc4cc3cc2cc1O. The zero-order valence-corrected chi connectivity index (χ0v) is 12.8. The van der Waals surface area contributed by atoms with Crippen LogP contribution in [-0.2, 0) is 0 Å². The maximum absolute atomic E-state index is 9.73. The van der Waals surface area contributed by atoms with Gasteiger partial charge < -0.3 is 10.2 Å². The van der Waals surface area contributed by atoms with Crippen LogP contribution in [-0.4, -0.2) is 10.2 Å². The van der Waals surface area contributed by atoms with Gasteiger partial charge in [0.2, 0.25) is 0 Å². The van der Waals surface area contributed by atoms with Crippen LogP contribution in [0.15, 0.2) is 72.8 Å². The first-order valence-electron chi connectivity index (χ1n) is 7.89. The summed E-state index contributed by atoms with van der Waals surface area (Å²) in [5.74, 6) is -0.178. The molecule has 5 rings (SSSR count). The number of rotatable bonds is 0. The minimum atomic E-state index is -0.0892. The molecule has 0 unspecified atom stereocenters. The molecule has 0 aliphatic heterocycles. The van der Waals surface area contributed by atoms with Crippen LogP contribution >= 0.6 is 0 Å². The van der Waals surface area contributed by atoms with Crippen LogP contribution in [0.25, 0.3) is 43.1 Å². The predicted octanol–water partition coefficient (Wildman–Crippen LogP) is 5.71. The van der Waals surface area contributed by atoms with Gasteiger partial charge >= 0.3 is 0 Å². The summed E-state index contributed by atoms with van der Waals surface area (Å²) in [5, 5.41) is 28.4. The zero-order valence-electron chi connectivity index (χ0n) is 12.8. The zero-order chi connectivity index (χ0) is 16.3. The van der Waals surface area contributed by atoms with E-state index in [2.05, 4.69) is 60.7 Å². The Kier molecular flexibility index (Phi) is 2.54. The van der Waals surface area contributed by atoms with Gasteiger partial charge in [0.1, 0.15) is 0 Å². The molecule has 0 saturated carbocycles. The number of fused-ring (bicyclic) bond motifs is 4. The monoisotopic (exact) mass is 310 g/mol. The van der Waals surface area contributed by atoms with Crippen molar-refractivity contribution in [3.63, 3.8) is 0 Å². The van der Waals surface area contributed by atoms with Gasteiger partial charge in [0, 0.05) is 0 Å². The molecule has 2 heteroatoms. The topological polar surface area (TPSA) is 40.5 Å². The van der Waals surface area contributed by atoms with E-state index in [-0.39, 0.29) is 11.5 Å². The Morgan fingerprint density at radius 1 is 0.375 bits per heavy atom. The van der Waals surface area contributed by atoms with Crippen LogP contribution in [0, 0.1) is 0 Å². The molecule has 0 heterocycles. The second-order valence-corrected chi connectivity index (χ2v) is 6.29. The van der Waals surface area contributed by atoms with Crippen molar-refractivity contribution in [3.05, 3.63) is 72.8 Å². The van der Waals surface area contributed by atoms with E-state index in [1.165, 1.54) is 21.5 Å². The van der Waals surface area contributed by atoms with Crippen LogP contribution < -0.4 is 0 Å². The highest BCUT2D eigenvalue weighted by atomic mass is 16.3. The Labute approximate surface area is 138 Å². The molecule has 2 N–H and O–H groups in total. The molecule has 24 heavy (non-hydrogen) atoms. The Balaban J connectivity index is 1.89. The molecular weight excluding hydrogens is 296 g/mol. The third kappa shape index (κ3) is 1.90. The number of phenols is 2. The van der Waals surface area contributed by atoms with Crippen molar-refractivity contribution in [1.29, 1.82) is 0 Å². The molecule has 114 valence electrons. The van der Waals surface area contributed by atoms with Crippen molar-refractivity contribution in [3.8, 4) is 11.5 Å². The maximum Gasteiger partial charge on any atom is 0.158 e. The molecule has 0 amide bonds. The van der Waals surface area contributed by atoms with Crippen LogP contribution in [0.3, 0.4) is 0 Å². The Morgan fingerprint density at radius 3 is 1.04 bits per heavy atom. The molecule has 0 spiro atoms. The second-order valence-electron chi connectivity index (χ2n) is 6.29. The standard InChI is InChI=1S/C22H14O2/c23-21-11-19-9-17-7-15-5-13-3-1-2-4-14(13)6-16(15)8-18(17)10-20(19)12-22(21)24/h1-12,23-24H. The molecule has 0 bridgehead atoms. The summed E-state index contributed by atoms with van der Waals surface area (Å²) < 4.78 is 0. The minimum Gasteiger partial charge on any atom is -0.504 e. The first kappa shape index (κ1) is 13.2. The molecule has 2 nitrogen and oxygen atoms in total. The lowest BCUT2D eigenvalue weighted by atomic mass is 9.97. The van der Waals surface area contributed by atoms with Gasteiger partial charge in [-0.1, -0.05) is 24.3 Å². The average molecular weight is 310 g/mol. The molecule has 0 aromatic heterocycles. The smallest absolute Gasteiger partial charge is 0.158 e. The molecule has 0 atom stereocenters. The molecular formula is C22H14O2. The molecule has 5 aromatic rings. The van der Waals surface area contributed by atoms with E-state index in [0.717, 1.165) is 21.5 Å². The maximum atomic E-state index is 9.73. The Hall–Kier alpha value is -3.26. The van der Waals surface area contributed by atoms with Crippen LogP contribution in [0.2, 0.25) is 0 Å². The lowest BCUT2D eigenvalue weighted by molar-refractivity contribution is 0.405. The minimum absolute atomic E-state index is 0.0892. The number of hydrogen-bond acceptors (Lipinski definition) is 2. The number of hydrogen-bond donors (Lipinski definition) is 2. The number of aromatic hydroxyl groups is 2. The van der Waals surface area contributed by atoms with E-state index < -0.39 is 0 Å². The first-order chi connectivity index (χ1) is 11.7. The molecule has 0 aliphatic rings. The summed E-state index contributed by atoms with van der Waals surface area (Å²) in [6.07, 6.45) is 0. The lowest BCUT2D eigenvalue weighted by Gasteiger charge is -2.08. The Bertz CT molecular complexity index is 1170. The predicted molar refractivity (Wildman–Crippen MR) is 99.8 cm³/mol. The molecule has 0 radical (unpaired) electrons. The van der Waals surface area contributed by atoms with E-state index in [1.807, 2.05) is 0 Å². The van der Waals surface area contributed by atoms with E-state index in [1.54, 1.807) is 12.1 Å². The van der Waals surface area contributed by atoms with Gasteiger partial charge in [-0.2, -0.15) is 0 Å². The van der Waals surface area contributed by atoms with Crippen LogP contribution in [0.5, 0.6) is 11.5 Å². The van der Waals surface area contributed by atoms with Crippen molar-refractivity contribution in [2.24, 2.45) is 0 Å². The van der Waals surface area contributed by atoms with E-state index in [9.17, 15) is 10.2 Å². The van der Waals surface area contributed by atoms with Gasteiger partial charge in [-0.05, 0) is 91.6 Å². The summed E-state index contributed by atoms with van der Waals surface area (Å²) >= 11 is 0. The average Bonchev–Trinajstić information content (AvgIpc) is 2.58. The highest BCUT2D eigenvalue weighted by Crippen LogP contribution is 2.34. The van der Waals surface area contributed by atoms with Gasteiger partial charge in [0.15, 0.2) is 11.5 Å². The summed E-state index contributed by atoms with van der Waals surface area (Å²) in [4.78, 5) is 0. The largest absolute Gasteiger partial charge is 0.504 e. The van der Waals surface area contributed by atoms with Gasteiger partial charge in [0.05, 0.1) is 0 Å². The van der Waals surface area contributed by atoms with Gasteiger partial charge in [-0.15, -0.1) is 0 Å². The third-order valence-electron chi connectivity index (χ3n) is 4.71. The highest BCUT2D eigenvalue weighted by Gasteiger charge is 2.06. The van der Waals surface area contributed by atoms with Crippen molar-refractivity contribution in [2.45, 2.75) is 0 Å². The van der Waals surface area contributed by atoms with Crippen molar-refractivity contribution >= 4 is 43.1 Å². The lowest BCUT2D eigenvalue weighted by Crippen LogP contribution is -1.81. The van der Waals surface area contributed by atoms with Crippen LogP contribution in [0.4, 0.5) is 0 Å². The van der Waals surface area contributed by atoms with E-state index in [0.29, 0.717) is 0 Å². The van der Waals surface area contributed by atoms with Crippen molar-refractivity contribution in [2.75, 3.05) is 0 Å². The van der Waals surface area contributed by atoms with Crippen molar-refractivity contribution < 1.29 is 10.2 Å². The van der Waals surface area contributed by atoms with E-state index >= 15 is 0 Å². The van der Waals surface area contributed by atoms with Crippen molar-refractivity contribution in [1.82, 2.24) is 0 Å². The fourth-order valence-electron chi connectivity index (χ4n) is 3.47. The van der Waals surface area contributed by atoms with Crippen LogP contribution in [0.1, 0.15) is 0 Å². The number of phenolic OH excluding ortho intramolecular Hbond substituents is 2.